The molecule has 0 aromatic heterocycles. The molecule has 0 aromatic rings. The number of hydrogen-bond donors (Lipinski definition) is 2. The number of nitrogens with two attached hydrogens (primary N) is 1. The van der Waals surface area contributed by atoms with Gasteiger partial charge in [-0.15, -0.1) is 0 Å². The van der Waals surface area contributed by atoms with Gasteiger partial charge in [-0.1, -0.05) is 25.7 Å². The minimum absolute atomic E-state index is 0.109. The summed E-state index contributed by atoms with van der Waals surface area (Å²) in [6, 6.07) is 0. The van der Waals surface area contributed by atoms with Gasteiger partial charge in [-0.2, -0.15) is 0 Å². The average Bonchev–Trinajstić information content (AvgIpc) is 2.61. The van der Waals surface area contributed by atoms with Crippen molar-refractivity contribution in [2.45, 2.75) is 50.5 Å². The van der Waals surface area contributed by atoms with Crippen molar-refractivity contribution in [3.8, 4) is 0 Å². The van der Waals surface area contributed by atoms with Crippen LogP contribution >= 0.6 is 0 Å². The van der Waals surface area contributed by atoms with E-state index in [0.29, 0.717) is 13.0 Å². The molecule has 1 aliphatic rings. The van der Waals surface area contributed by atoms with E-state index in [1.165, 1.54) is 38.5 Å². The second-order valence-corrected chi connectivity index (χ2v) is 5.19. The fraction of sp³-hybridized carbons (Fsp3) is 0.923. The summed E-state index contributed by atoms with van der Waals surface area (Å²) >= 11 is 0. The summed E-state index contributed by atoms with van der Waals surface area (Å²) in [7, 11) is 3.80. The van der Waals surface area contributed by atoms with Crippen LogP contribution in [-0.2, 0) is 4.79 Å². The van der Waals surface area contributed by atoms with Gasteiger partial charge in [-0.3, -0.25) is 9.69 Å². The first-order valence-electron chi connectivity index (χ1n) is 6.76. The van der Waals surface area contributed by atoms with Gasteiger partial charge in [-0.25, -0.2) is 0 Å². The highest BCUT2D eigenvalue weighted by molar-refractivity contribution is 5.75. The van der Waals surface area contributed by atoms with Crippen LogP contribution in [0.5, 0.6) is 0 Å². The van der Waals surface area contributed by atoms with Crippen LogP contribution in [-0.4, -0.2) is 43.5 Å². The minimum atomic E-state index is 0.109. The maximum atomic E-state index is 11.3. The molecule has 0 heterocycles. The predicted octanol–water partition coefficient (Wildman–Crippen LogP) is 1.11. The van der Waals surface area contributed by atoms with E-state index in [1.54, 1.807) is 7.05 Å². The van der Waals surface area contributed by atoms with Crippen molar-refractivity contribution in [2.75, 3.05) is 27.2 Å². The topological polar surface area (TPSA) is 58.4 Å². The zero-order valence-corrected chi connectivity index (χ0v) is 11.3. The fourth-order valence-electron chi connectivity index (χ4n) is 2.76. The van der Waals surface area contributed by atoms with Gasteiger partial charge in [0.1, 0.15) is 0 Å². The number of nitrogens with zero attached hydrogens (tertiary/aromatic N) is 1. The summed E-state index contributed by atoms with van der Waals surface area (Å²) in [5.41, 5.74) is 6.13. The molecule has 4 nitrogen and oxygen atoms in total. The summed E-state index contributed by atoms with van der Waals surface area (Å²) in [4.78, 5) is 13.6. The Morgan fingerprint density at radius 1 is 1.29 bits per heavy atom. The Labute approximate surface area is 105 Å². The Kier molecular flexibility index (Phi) is 5.92. The van der Waals surface area contributed by atoms with Gasteiger partial charge in [0, 0.05) is 32.1 Å². The van der Waals surface area contributed by atoms with Gasteiger partial charge >= 0.3 is 0 Å². The first-order valence-corrected chi connectivity index (χ1v) is 6.76. The number of nitrogens with one attached hydrogen (secondary N) is 1. The number of carbonyl (C=O) groups excluding carboxylic acids is 1. The molecule has 100 valence electrons. The average molecular weight is 241 g/mol. The maximum absolute atomic E-state index is 11.3. The molecule has 17 heavy (non-hydrogen) atoms. The second-order valence-electron chi connectivity index (χ2n) is 5.19. The normalized spacial score (nSPS) is 20.0. The molecule has 1 fully saturated rings. The van der Waals surface area contributed by atoms with Crippen LogP contribution in [0.2, 0.25) is 0 Å². The van der Waals surface area contributed by atoms with Crippen molar-refractivity contribution >= 4 is 5.91 Å². The van der Waals surface area contributed by atoms with E-state index in [-0.39, 0.29) is 11.4 Å². The molecule has 0 unspecified atom stereocenters. The number of likely N-dealkylation sites (N-methyl/N-ethyl adjacent to an activating group) is 1. The molecule has 0 radical (unpaired) electrons. The first-order chi connectivity index (χ1) is 8.14. The lowest BCUT2D eigenvalue weighted by molar-refractivity contribution is -0.121. The molecular formula is C13H27N3O. The Morgan fingerprint density at radius 3 is 2.35 bits per heavy atom. The molecule has 0 aromatic carbocycles. The van der Waals surface area contributed by atoms with Crippen LogP contribution in [0.1, 0.15) is 44.9 Å². The molecule has 3 N–H and O–H groups in total. The van der Waals surface area contributed by atoms with Gasteiger partial charge in [0.2, 0.25) is 5.91 Å². The van der Waals surface area contributed by atoms with Crippen LogP contribution in [0.4, 0.5) is 0 Å². The van der Waals surface area contributed by atoms with Crippen LogP contribution in [0.25, 0.3) is 0 Å². The Balaban J connectivity index is 2.54. The van der Waals surface area contributed by atoms with Crippen molar-refractivity contribution in [1.82, 2.24) is 10.2 Å². The standard InChI is InChI=1S/C13H27N3O/c1-15-12(17)7-10-16(2)13(11-14)8-5-3-4-6-9-13/h3-11,14H2,1-2H3,(H,15,17). The highest BCUT2D eigenvalue weighted by Gasteiger charge is 2.33. The third-order valence-corrected chi connectivity index (χ3v) is 4.18. The van der Waals surface area contributed by atoms with Crippen molar-refractivity contribution < 1.29 is 4.79 Å². The van der Waals surface area contributed by atoms with E-state index < -0.39 is 0 Å². The Bertz CT molecular complexity index is 235. The van der Waals surface area contributed by atoms with Gasteiger partial charge in [0.25, 0.3) is 0 Å². The van der Waals surface area contributed by atoms with Crippen LogP contribution < -0.4 is 11.1 Å². The molecule has 1 saturated carbocycles. The molecule has 1 amide bonds. The number of hydrogen-bond acceptors (Lipinski definition) is 3. The van der Waals surface area contributed by atoms with Gasteiger partial charge < -0.3 is 11.1 Å². The number of carbonyl (C=O) groups is 1. The lowest BCUT2D eigenvalue weighted by atomic mass is 9.88. The predicted molar refractivity (Wildman–Crippen MR) is 70.8 cm³/mol. The van der Waals surface area contributed by atoms with Crippen molar-refractivity contribution in [3.63, 3.8) is 0 Å². The summed E-state index contributed by atoms with van der Waals surface area (Å²) in [5, 5.41) is 2.67. The molecule has 0 aliphatic heterocycles. The second kappa shape index (κ2) is 6.97. The monoisotopic (exact) mass is 241 g/mol. The highest BCUT2D eigenvalue weighted by atomic mass is 16.1. The molecule has 0 atom stereocenters. The highest BCUT2D eigenvalue weighted by Crippen LogP contribution is 2.30. The quantitative estimate of drug-likeness (QED) is 0.709. The maximum Gasteiger partial charge on any atom is 0.221 e. The van der Waals surface area contributed by atoms with E-state index >= 15 is 0 Å². The van der Waals surface area contributed by atoms with E-state index in [0.717, 1.165) is 6.54 Å². The molecule has 0 bridgehead atoms. The van der Waals surface area contributed by atoms with Gasteiger partial charge in [-0.05, 0) is 19.9 Å². The van der Waals surface area contributed by atoms with Crippen molar-refractivity contribution in [3.05, 3.63) is 0 Å². The van der Waals surface area contributed by atoms with Crippen molar-refractivity contribution in [2.24, 2.45) is 5.73 Å². The summed E-state index contributed by atoms with van der Waals surface area (Å²) in [5.74, 6) is 0.109. The lowest BCUT2D eigenvalue weighted by Gasteiger charge is -2.41. The fourth-order valence-corrected chi connectivity index (χ4v) is 2.76. The third kappa shape index (κ3) is 3.96. The van der Waals surface area contributed by atoms with Gasteiger partial charge in [0.15, 0.2) is 0 Å². The first kappa shape index (κ1) is 14.5. The zero-order valence-electron chi connectivity index (χ0n) is 11.3. The molecular weight excluding hydrogens is 214 g/mol. The zero-order chi connectivity index (χ0) is 12.7. The largest absolute Gasteiger partial charge is 0.359 e. The summed E-state index contributed by atoms with van der Waals surface area (Å²) < 4.78 is 0. The van der Waals surface area contributed by atoms with E-state index in [4.69, 9.17) is 5.73 Å². The van der Waals surface area contributed by atoms with E-state index in [2.05, 4.69) is 17.3 Å². The van der Waals surface area contributed by atoms with Crippen LogP contribution in [0.3, 0.4) is 0 Å². The minimum Gasteiger partial charge on any atom is -0.359 e. The van der Waals surface area contributed by atoms with E-state index in [1.807, 2.05) is 0 Å². The molecule has 0 saturated heterocycles. The van der Waals surface area contributed by atoms with Crippen LogP contribution in [0.15, 0.2) is 0 Å². The molecule has 1 rings (SSSR count). The Morgan fingerprint density at radius 2 is 1.88 bits per heavy atom. The third-order valence-electron chi connectivity index (χ3n) is 4.18. The SMILES string of the molecule is CNC(=O)CCN(C)C1(CN)CCCCCC1. The van der Waals surface area contributed by atoms with Crippen molar-refractivity contribution in [1.29, 1.82) is 0 Å². The lowest BCUT2D eigenvalue weighted by Crippen LogP contribution is -2.52. The summed E-state index contributed by atoms with van der Waals surface area (Å²) in [6.45, 7) is 1.51. The Hall–Kier alpha value is -0.610. The smallest absolute Gasteiger partial charge is 0.221 e. The molecule has 4 heteroatoms. The number of rotatable bonds is 5. The molecule has 0 spiro atoms. The van der Waals surface area contributed by atoms with E-state index in [9.17, 15) is 4.79 Å². The van der Waals surface area contributed by atoms with Gasteiger partial charge in [0.05, 0.1) is 0 Å². The van der Waals surface area contributed by atoms with Crippen LogP contribution in [0, 0.1) is 0 Å². The summed E-state index contributed by atoms with van der Waals surface area (Å²) in [6.07, 6.45) is 8.09. The molecule has 1 aliphatic carbocycles. The number of amides is 1.